The Morgan fingerprint density at radius 3 is 2.57 bits per heavy atom. The first kappa shape index (κ1) is 13.7. The second-order valence-electron chi connectivity index (χ2n) is 5.27. The molecule has 0 unspecified atom stereocenters. The largest absolute Gasteiger partial charge is 0.352 e. The van der Waals surface area contributed by atoms with E-state index in [1.165, 1.54) is 23.9 Å². The number of rotatable bonds is 6. The third-order valence-electron chi connectivity index (χ3n) is 3.68. The Labute approximate surface area is 125 Å². The Bertz CT molecular complexity index is 701. The van der Waals surface area contributed by atoms with E-state index in [0.717, 1.165) is 24.6 Å². The lowest BCUT2D eigenvalue weighted by Gasteiger charge is -2.10. The third-order valence-corrected chi connectivity index (χ3v) is 3.68. The summed E-state index contributed by atoms with van der Waals surface area (Å²) < 4.78 is 2.29. The summed E-state index contributed by atoms with van der Waals surface area (Å²) in [7, 11) is 0. The third kappa shape index (κ3) is 3.07. The first-order valence-corrected chi connectivity index (χ1v) is 7.61. The number of para-hydroxylation sites is 2. The fourth-order valence-corrected chi connectivity index (χ4v) is 2.53. The van der Waals surface area contributed by atoms with Crippen LogP contribution >= 0.6 is 0 Å². The van der Waals surface area contributed by atoms with Gasteiger partial charge in [-0.15, -0.1) is 0 Å². The van der Waals surface area contributed by atoms with Crippen molar-refractivity contribution >= 4 is 17.0 Å². The van der Waals surface area contributed by atoms with Gasteiger partial charge in [0, 0.05) is 13.1 Å². The Hall–Kier alpha value is -2.29. The van der Waals surface area contributed by atoms with Crippen molar-refractivity contribution in [3.8, 4) is 0 Å². The van der Waals surface area contributed by atoms with E-state index in [1.54, 1.807) is 0 Å². The molecule has 0 amide bonds. The molecule has 0 bridgehead atoms. The molecule has 1 aromatic heterocycles. The molecular formula is C18H21N3. The summed E-state index contributed by atoms with van der Waals surface area (Å²) in [6.45, 7) is 4.03. The molecule has 0 aliphatic rings. The van der Waals surface area contributed by atoms with E-state index >= 15 is 0 Å². The highest BCUT2D eigenvalue weighted by Gasteiger charge is 2.09. The van der Waals surface area contributed by atoms with E-state index in [1.807, 2.05) is 12.1 Å². The summed E-state index contributed by atoms with van der Waals surface area (Å²) in [5.41, 5.74) is 3.54. The van der Waals surface area contributed by atoms with Gasteiger partial charge in [0.25, 0.3) is 0 Å². The van der Waals surface area contributed by atoms with E-state index in [9.17, 15) is 0 Å². The molecule has 3 nitrogen and oxygen atoms in total. The van der Waals surface area contributed by atoms with Crippen LogP contribution in [0.2, 0.25) is 0 Å². The maximum absolute atomic E-state index is 4.73. The molecule has 21 heavy (non-hydrogen) atoms. The zero-order valence-corrected chi connectivity index (χ0v) is 12.4. The summed E-state index contributed by atoms with van der Waals surface area (Å²) in [6.07, 6.45) is 2.35. The zero-order chi connectivity index (χ0) is 14.5. The van der Waals surface area contributed by atoms with Gasteiger partial charge >= 0.3 is 0 Å². The number of fused-ring (bicyclic) bond motifs is 1. The van der Waals surface area contributed by atoms with Gasteiger partial charge in [-0.1, -0.05) is 55.8 Å². The molecule has 0 saturated heterocycles. The number of hydrogen-bond donors (Lipinski definition) is 1. The van der Waals surface area contributed by atoms with Crippen molar-refractivity contribution in [3.05, 3.63) is 60.2 Å². The number of nitrogens with one attached hydrogen (secondary N) is 1. The first-order valence-electron chi connectivity index (χ1n) is 7.61. The molecule has 3 heteroatoms. The molecule has 0 atom stereocenters. The minimum atomic E-state index is 0.802. The Kier molecular flexibility index (Phi) is 4.20. The van der Waals surface area contributed by atoms with E-state index in [0.29, 0.717) is 0 Å². The first-order chi connectivity index (χ1) is 10.4. The second-order valence-corrected chi connectivity index (χ2v) is 5.27. The van der Waals surface area contributed by atoms with Crippen LogP contribution in [0.1, 0.15) is 25.3 Å². The predicted molar refractivity (Wildman–Crippen MR) is 88.4 cm³/mol. The standard InChI is InChI=1S/C18H21N3/c1-2-3-13-21-17-12-8-7-11-16(17)20-18(21)19-14-15-9-5-4-6-10-15/h4-12H,2-3,13-14H2,1H3,(H,19,20). The molecular weight excluding hydrogens is 258 g/mol. The lowest BCUT2D eigenvalue weighted by molar-refractivity contribution is 0.649. The number of aromatic nitrogens is 2. The monoisotopic (exact) mass is 279 g/mol. The highest BCUT2D eigenvalue weighted by Crippen LogP contribution is 2.20. The second kappa shape index (κ2) is 6.44. The van der Waals surface area contributed by atoms with Crippen LogP contribution in [0.5, 0.6) is 0 Å². The van der Waals surface area contributed by atoms with Gasteiger partial charge < -0.3 is 9.88 Å². The van der Waals surface area contributed by atoms with Crippen LogP contribution in [-0.4, -0.2) is 9.55 Å². The van der Waals surface area contributed by atoms with Crippen molar-refractivity contribution in [1.82, 2.24) is 9.55 Å². The van der Waals surface area contributed by atoms with Crippen molar-refractivity contribution in [1.29, 1.82) is 0 Å². The fourth-order valence-electron chi connectivity index (χ4n) is 2.53. The molecule has 1 heterocycles. The van der Waals surface area contributed by atoms with Crippen LogP contribution < -0.4 is 5.32 Å². The Balaban J connectivity index is 1.86. The number of hydrogen-bond acceptors (Lipinski definition) is 2. The van der Waals surface area contributed by atoms with Crippen molar-refractivity contribution < 1.29 is 0 Å². The van der Waals surface area contributed by atoms with Crippen LogP contribution in [0.15, 0.2) is 54.6 Å². The van der Waals surface area contributed by atoms with Gasteiger partial charge in [0.2, 0.25) is 5.95 Å². The van der Waals surface area contributed by atoms with E-state index < -0.39 is 0 Å². The zero-order valence-electron chi connectivity index (χ0n) is 12.4. The predicted octanol–water partition coefficient (Wildman–Crippen LogP) is 4.45. The summed E-state index contributed by atoms with van der Waals surface area (Å²) in [4.78, 5) is 4.73. The van der Waals surface area contributed by atoms with E-state index in [2.05, 4.69) is 59.3 Å². The van der Waals surface area contributed by atoms with Crippen LogP contribution in [0, 0.1) is 0 Å². The summed E-state index contributed by atoms with van der Waals surface area (Å²) >= 11 is 0. The molecule has 1 N–H and O–H groups in total. The minimum Gasteiger partial charge on any atom is -0.352 e. The van der Waals surface area contributed by atoms with Gasteiger partial charge in [-0.25, -0.2) is 4.98 Å². The average molecular weight is 279 g/mol. The molecule has 2 aromatic carbocycles. The SMILES string of the molecule is CCCCn1c(NCc2ccccc2)nc2ccccc21. The smallest absolute Gasteiger partial charge is 0.204 e. The molecule has 0 radical (unpaired) electrons. The van der Waals surface area contributed by atoms with Crippen LogP contribution in [0.3, 0.4) is 0 Å². The average Bonchev–Trinajstić information content (AvgIpc) is 2.89. The van der Waals surface area contributed by atoms with Crippen molar-refractivity contribution in [2.24, 2.45) is 0 Å². The molecule has 0 fully saturated rings. The number of anilines is 1. The summed E-state index contributed by atoms with van der Waals surface area (Å²) in [6, 6.07) is 18.8. The molecule has 0 aliphatic heterocycles. The molecule has 3 rings (SSSR count). The molecule has 0 spiro atoms. The van der Waals surface area contributed by atoms with Gasteiger partial charge in [-0.05, 0) is 24.1 Å². The quantitative estimate of drug-likeness (QED) is 0.722. The van der Waals surface area contributed by atoms with Gasteiger partial charge in [0.15, 0.2) is 0 Å². The topological polar surface area (TPSA) is 29.9 Å². The Morgan fingerprint density at radius 2 is 1.76 bits per heavy atom. The maximum atomic E-state index is 4.73. The normalized spacial score (nSPS) is 10.9. The van der Waals surface area contributed by atoms with Crippen molar-refractivity contribution in [2.75, 3.05) is 5.32 Å². The highest BCUT2D eigenvalue weighted by atomic mass is 15.2. The number of aryl methyl sites for hydroxylation is 1. The van der Waals surface area contributed by atoms with Gasteiger partial charge in [-0.3, -0.25) is 0 Å². The van der Waals surface area contributed by atoms with Crippen molar-refractivity contribution in [2.45, 2.75) is 32.9 Å². The number of unbranched alkanes of at least 4 members (excludes halogenated alkanes) is 1. The fraction of sp³-hybridized carbons (Fsp3) is 0.278. The summed E-state index contributed by atoms with van der Waals surface area (Å²) in [5, 5.41) is 3.48. The number of benzene rings is 2. The summed E-state index contributed by atoms with van der Waals surface area (Å²) in [5.74, 6) is 0.966. The lowest BCUT2D eigenvalue weighted by Crippen LogP contribution is -2.07. The van der Waals surface area contributed by atoms with Crippen molar-refractivity contribution in [3.63, 3.8) is 0 Å². The molecule has 0 aliphatic carbocycles. The van der Waals surface area contributed by atoms with Crippen LogP contribution in [0.4, 0.5) is 5.95 Å². The minimum absolute atomic E-state index is 0.802. The molecule has 0 saturated carbocycles. The van der Waals surface area contributed by atoms with E-state index in [-0.39, 0.29) is 0 Å². The number of imidazole rings is 1. The molecule has 3 aromatic rings. The molecule has 108 valence electrons. The van der Waals surface area contributed by atoms with Crippen LogP contribution in [-0.2, 0) is 13.1 Å². The van der Waals surface area contributed by atoms with Gasteiger partial charge in [0.1, 0.15) is 0 Å². The maximum Gasteiger partial charge on any atom is 0.204 e. The van der Waals surface area contributed by atoms with Gasteiger partial charge in [0.05, 0.1) is 11.0 Å². The van der Waals surface area contributed by atoms with E-state index in [4.69, 9.17) is 4.98 Å². The Morgan fingerprint density at radius 1 is 1.00 bits per heavy atom. The lowest BCUT2D eigenvalue weighted by atomic mass is 10.2. The van der Waals surface area contributed by atoms with Gasteiger partial charge in [-0.2, -0.15) is 0 Å². The van der Waals surface area contributed by atoms with Crippen LogP contribution in [0.25, 0.3) is 11.0 Å². The number of nitrogens with zero attached hydrogens (tertiary/aromatic N) is 2. The highest BCUT2D eigenvalue weighted by molar-refractivity contribution is 5.78.